The summed E-state index contributed by atoms with van der Waals surface area (Å²) in [6, 6.07) is -0.820. The second-order valence-electron chi connectivity index (χ2n) is 19.5. The summed E-state index contributed by atoms with van der Waals surface area (Å²) in [5.74, 6) is -0.512. The maximum absolute atomic E-state index is 12.5. The van der Waals surface area contributed by atoms with Crippen molar-refractivity contribution in [3.63, 3.8) is 0 Å². The van der Waals surface area contributed by atoms with Gasteiger partial charge in [0.2, 0.25) is 5.91 Å². The first-order valence-corrected chi connectivity index (χ1v) is 28.3. The molecule has 0 saturated heterocycles. The summed E-state index contributed by atoms with van der Waals surface area (Å²) in [6.45, 7) is 4.20. The Hall–Kier alpha value is -1.43. The number of hydrogen-bond donors (Lipinski definition) is 4. The summed E-state index contributed by atoms with van der Waals surface area (Å²) in [6.07, 6.45) is 69.4. The molecule has 0 bridgehead atoms. The molecule has 0 spiro atoms. The van der Waals surface area contributed by atoms with Crippen LogP contribution in [0.25, 0.3) is 0 Å². The molecular weight excluding hydrogens is 775 g/mol. The largest absolute Gasteiger partial charge is 0.394 e. The number of amides is 1. The summed E-state index contributed by atoms with van der Waals surface area (Å²) in [7, 11) is 0. The van der Waals surface area contributed by atoms with Crippen LogP contribution < -0.4 is 5.32 Å². The lowest BCUT2D eigenvalue weighted by Gasteiger charge is -2.21. The van der Waals surface area contributed by atoms with Crippen molar-refractivity contribution in [3.05, 3.63) is 36.5 Å². The number of nitrogens with one attached hydrogen (secondary N) is 1. The standard InChI is InChI=1S/C58H111NO4/c1-3-5-7-9-11-13-15-17-19-21-23-25-26-27-28-29-30-31-32-33-35-37-39-41-43-45-47-49-51-53-57(62)58(63)59-55(54-60)56(61)52-50-48-46-44-42-40-38-36-34-24-22-20-18-16-14-12-10-8-6-4-2/h34,36,42,44,50,52,55-57,60-62H,3-33,35,37-41,43,45-49,51,53-54H2,1-2H3,(H,59,63)/b36-34+,44-42+,52-50+. The van der Waals surface area contributed by atoms with Gasteiger partial charge in [-0.2, -0.15) is 0 Å². The van der Waals surface area contributed by atoms with Crippen molar-refractivity contribution in [1.82, 2.24) is 5.32 Å². The van der Waals surface area contributed by atoms with Crippen LogP contribution in [0.3, 0.4) is 0 Å². The number of hydrogen-bond acceptors (Lipinski definition) is 4. The van der Waals surface area contributed by atoms with Gasteiger partial charge in [-0.25, -0.2) is 0 Å². The fraction of sp³-hybridized carbons (Fsp3) is 0.879. The highest BCUT2D eigenvalue weighted by Gasteiger charge is 2.22. The van der Waals surface area contributed by atoms with E-state index in [1.807, 2.05) is 6.08 Å². The number of allylic oxidation sites excluding steroid dienone is 5. The lowest BCUT2D eigenvalue weighted by molar-refractivity contribution is -0.131. The Balaban J connectivity index is 3.58. The maximum atomic E-state index is 12.5. The number of aliphatic hydroxyl groups excluding tert-OH is 3. The smallest absolute Gasteiger partial charge is 0.249 e. The average molecular weight is 887 g/mol. The highest BCUT2D eigenvalue weighted by molar-refractivity contribution is 5.80. The zero-order valence-corrected chi connectivity index (χ0v) is 42.5. The highest BCUT2D eigenvalue weighted by atomic mass is 16.3. The van der Waals surface area contributed by atoms with Gasteiger partial charge in [0, 0.05) is 0 Å². The molecule has 3 unspecified atom stereocenters. The number of aliphatic hydroxyl groups is 3. The predicted molar refractivity (Wildman–Crippen MR) is 278 cm³/mol. The fourth-order valence-corrected chi connectivity index (χ4v) is 8.81. The van der Waals surface area contributed by atoms with Crippen LogP contribution in [0.4, 0.5) is 0 Å². The second kappa shape index (κ2) is 53.2. The third-order valence-electron chi connectivity index (χ3n) is 13.2. The molecule has 0 aromatic heterocycles. The van der Waals surface area contributed by atoms with Gasteiger partial charge in [0.05, 0.1) is 18.8 Å². The Morgan fingerprint density at radius 2 is 0.651 bits per heavy atom. The molecule has 5 nitrogen and oxygen atoms in total. The van der Waals surface area contributed by atoms with Gasteiger partial charge in [0.25, 0.3) is 0 Å². The van der Waals surface area contributed by atoms with E-state index in [2.05, 4.69) is 43.5 Å². The topological polar surface area (TPSA) is 89.8 Å². The molecule has 0 heterocycles. The molecule has 372 valence electrons. The molecule has 0 aromatic rings. The summed E-state index contributed by atoms with van der Waals surface area (Å²) >= 11 is 0. The van der Waals surface area contributed by atoms with Gasteiger partial charge in [-0.15, -0.1) is 0 Å². The van der Waals surface area contributed by atoms with Crippen LogP contribution in [0.15, 0.2) is 36.5 Å². The van der Waals surface area contributed by atoms with Crippen molar-refractivity contribution in [2.24, 2.45) is 0 Å². The molecule has 0 aliphatic carbocycles. The quantitative estimate of drug-likeness (QED) is 0.0362. The van der Waals surface area contributed by atoms with Gasteiger partial charge in [-0.1, -0.05) is 294 Å². The van der Waals surface area contributed by atoms with Crippen molar-refractivity contribution >= 4 is 5.91 Å². The first-order valence-electron chi connectivity index (χ1n) is 28.3. The van der Waals surface area contributed by atoms with Crippen LogP contribution in [0.5, 0.6) is 0 Å². The SMILES string of the molecule is CCCCCCCCCCCC/C=C/CC/C=C/CC/C=C/C(O)C(CO)NC(=O)C(O)CCCCCCCCCCCCCCCCCCCCCCCCCCCCCCC. The molecule has 0 saturated carbocycles. The van der Waals surface area contributed by atoms with Crippen molar-refractivity contribution in [2.75, 3.05) is 6.61 Å². The summed E-state index contributed by atoms with van der Waals surface area (Å²) in [4.78, 5) is 12.5. The number of carbonyl (C=O) groups is 1. The van der Waals surface area contributed by atoms with Gasteiger partial charge >= 0.3 is 0 Å². The van der Waals surface area contributed by atoms with E-state index >= 15 is 0 Å². The van der Waals surface area contributed by atoms with E-state index in [0.717, 1.165) is 44.9 Å². The van der Waals surface area contributed by atoms with E-state index < -0.39 is 24.2 Å². The first-order chi connectivity index (χ1) is 31.1. The zero-order chi connectivity index (χ0) is 45.8. The van der Waals surface area contributed by atoms with Gasteiger partial charge in [-0.05, 0) is 44.9 Å². The van der Waals surface area contributed by atoms with E-state index in [0.29, 0.717) is 6.42 Å². The van der Waals surface area contributed by atoms with Crippen LogP contribution in [-0.4, -0.2) is 46.1 Å². The van der Waals surface area contributed by atoms with Crippen molar-refractivity contribution in [1.29, 1.82) is 0 Å². The molecule has 3 atom stereocenters. The van der Waals surface area contributed by atoms with E-state index in [9.17, 15) is 20.1 Å². The van der Waals surface area contributed by atoms with Gasteiger partial charge in [0.1, 0.15) is 6.10 Å². The van der Waals surface area contributed by atoms with Gasteiger partial charge < -0.3 is 20.6 Å². The fourth-order valence-electron chi connectivity index (χ4n) is 8.81. The summed E-state index contributed by atoms with van der Waals surface area (Å²) in [5, 5.41) is 33.3. The molecule has 0 fully saturated rings. The van der Waals surface area contributed by atoms with E-state index in [1.54, 1.807) is 6.08 Å². The molecule has 0 aliphatic heterocycles. The Bertz CT molecular complexity index is 978. The number of unbranched alkanes of at least 4 members (excludes halogenated alkanes) is 40. The number of rotatable bonds is 52. The maximum Gasteiger partial charge on any atom is 0.249 e. The molecular formula is C58H111NO4. The lowest BCUT2D eigenvalue weighted by Crippen LogP contribution is -2.48. The Morgan fingerprint density at radius 1 is 0.381 bits per heavy atom. The zero-order valence-electron chi connectivity index (χ0n) is 42.5. The molecule has 0 aliphatic rings. The monoisotopic (exact) mass is 886 g/mol. The van der Waals surface area contributed by atoms with Crippen LogP contribution >= 0.6 is 0 Å². The first kappa shape index (κ1) is 61.6. The number of carbonyl (C=O) groups excluding carboxylic acids is 1. The lowest BCUT2D eigenvalue weighted by atomic mass is 10.0. The van der Waals surface area contributed by atoms with E-state index in [-0.39, 0.29) is 6.61 Å². The average Bonchev–Trinajstić information content (AvgIpc) is 3.29. The van der Waals surface area contributed by atoms with Gasteiger partial charge in [0.15, 0.2) is 0 Å². The van der Waals surface area contributed by atoms with Crippen LogP contribution in [0.2, 0.25) is 0 Å². The Kier molecular flexibility index (Phi) is 52.0. The minimum atomic E-state index is -1.11. The Morgan fingerprint density at radius 3 is 0.968 bits per heavy atom. The minimum absolute atomic E-state index is 0.379. The summed E-state index contributed by atoms with van der Waals surface area (Å²) in [5.41, 5.74) is 0. The Labute approximate surface area is 394 Å². The van der Waals surface area contributed by atoms with Crippen molar-refractivity contribution in [2.45, 2.75) is 321 Å². The third kappa shape index (κ3) is 48.3. The molecule has 0 aromatic carbocycles. The van der Waals surface area contributed by atoms with E-state index in [1.165, 1.54) is 238 Å². The second-order valence-corrected chi connectivity index (χ2v) is 19.5. The molecule has 63 heavy (non-hydrogen) atoms. The normalized spacial score (nSPS) is 13.5. The molecule has 5 heteroatoms. The minimum Gasteiger partial charge on any atom is -0.394 e. The molecule has 1 amide bonds. The van der Waals surface area contributed by atoms with Crippen LogP contribution in [-0.2, 0) is 4.79 Å². The van der Waals surface area contributed by atoms with Gasteiger partial charge in [-0.3, -0.25) is 4.79 Å². The molecule has 0 radical (unpaired) electrons. The third-order valence-corrected chi connectivity index (χ3v) is 13.2. The highest BCUT2D eigenvalue weighted by Crippen LogP contribution is 2.17. The van der Waals surface area contributed by atoms with Crippen molar-refractivity contribution in [3.8, 4) is 0 Å². The summed E-state index contributed by atoms with van der Waals surface area (Å²) < 4.78 is 0. The molecule has 0 rings (SSSR count). The van der Waals surface area contributed by atoms with Crippen LogP contribution in [0.1, 0.15) is 303 Å². The molecule has 4 N–H and O–H groups in total. The van der Waals surface area contributed by atoms with Crippen molar-refractivity contribution < 1.29 is 20.1 Å². The van der Waals surface area contributed by atoms with E-state index in [4.69, 9.17) is 0 Å². The predicted octanol–water partition coefficient (Wildman–Crippen LogP) is 17.4. The van der Waals surface area contributed by atoms with Crippen LogP contribution in [0, 0.1) is 0 Å².